The van der Waals surface area contributed by atoms with Gasteiger partial charge >= 0.3 is 6.09 Å². The third-order valence-corrected chi connectivity index (χ3v) is 3.17. The third-order valence-electron chi connectivity index (χ3n) is 1.83. The van der Waals surface area contributed by atoms with Gasteiger partial charge in [-0.15, -0.1) is 0 Å². The zero-order chi connectivity index (χ0) is 12.0. The summed E-state index contributed by atoms with van der Waals surface area (Å²) < 4.78 is 13.3. The minimum Gasteiger partial charge on any atom is -0.465 e. The number of halogens is 2. The minimum absolute atomic E-state index is 0.328. The molecule has 16 heavy (non-hydrogen) atoms. The fraction of sp³-hybridized carbons (Fsp3) is 0.300. The Hall–Kier alpha value is -0.940. The number of hydrogen-bond donors (Lipinski definition) is 2. The average molecular weight is 264 g/mol. The number of amides is 1. The van der Waals surface area contributed by atoms with Crippen LogP contribution in [-0.4, -0.2) is 23.5 Å². The van der Waals surface area contributed by atoms with Gasteiger partial charge in [-0.05, 0) is 12.1 Å². The van der Waals surface area contributed by atoms with Crippen LogP contribution in [0.5, 0.6) is 0 Å². The van der Waals surface area contributed by atoms with Gasteiger partial charge < -0.3 is 10.4 Å². The van der Waals surface area contributed by atoms with Gasteiger partial charge in [-0.1, -0.05) is 17.7 Å². The van der Waals surface area contributed by atoms with E-state index in [4.69, 9.17) is 16.7 Å². The first-order chi connectivity index (χ1) is 7.61. The average Bonchev–Trinajstić information content (AvgIpc) is 2.21. The van der Waals surface area contributed by atoms with Crippen molar-refractivity contribution in [2.45, 2.75) is 5.75 Å². The molecular weight excluding hydrogens is 253 g/mol. The Kier molecular flexibility index (Phi) is 5.42. The van der Waals surface area contributed by atoms with Crippen molar-refractivity contribution in [3.8, 4) is 0 Å². The Bertz CT molecular complexity index is 356. The van der Waals surface area contributed by atoms with Gasteiger partial charge in [-0.2, -0.15) is 11.8 Å². The lowest BCUT2D eigenvalue weighted by atomic mass is 10.2. The summed E-state index contributed by atoms with van der Waals surface area (Å²) in [6.07, 6.45) is -1.05. The molecule has 88 valence electrons. The summed E-state index contributed by atoms with van der Waals surface area (Å²) in [5.41, 5.74) is 0.462. The summed E-state index contributed by atoms with van der Waals surface area (Å²) in [6, 6.07) is 4.55. The topological polar surface area (TPSA) is 49.3 Å². The lowest BCUT2D eigenvalue weighted by Gasteiger charge is -2.05. The summed E-state index contributed by atoms with van der Waals surface area (Å²) in [7, 11) is 0. The highest BCUT2D eigenvalue weighted by atomic mass is 35.5. The molecule has 0 aliphatic heterocycles. The van der Waals surface area contributed by atoms with E-state index in [0.717, 1.165) is 0 Å². The first kappa shape index (κ1) is 13.1. The number of carbonyl (C=O) groups is 1. The maximum absolute atomic E-state index is 13.3. The van der Waals surface area contributed by atoms with Crippen LogP contribution in [0.2, 0.25) is 5.02 Å². The van der Waals surface area contributed by atoms with Crippen LogP contribution in [0.3, 0.4) is 0 Å². The predicted molar refractivity (Wildman–Crippen MR) is 63.6 cm³/mol. The van der Waals surface area contributed by atoms with E-state index in [0.29, 0.717) is 28.6 Å². The smallest absolute Gasteiger partial charge is 0.404 e. The van der Waals surface area contributed by atoms with Crippen molar-refractivity contribution < 1.29 is 14.3 Å². The summed E-state index contributed by atoms with van der Waals surface area (Å²) >= 11 is 7.26. The molecule has 0 fully saturated rings. The molecule has 0 unspecified atom stereocenters. The van der Waals surface area contributed by atoms with E-state index in [1.54, 1.807) is 12.1 Å². The van der Waals surface area contributed by atoms with E-state index in [1.165, 1.54) is 17.8 Å². The van der Waals surface area contributed by atoms with E-state index in [9.17, 15) is 9.18 Å². The molecule has 1 aromatic rings. The van der Waals surface area contributed by atoms with Crippen molar-refractivity contribution >= 4 is 29.5 Å². The van der Waals surface area contributed by atoms with Crippen LogP contribution in [0.25, 0.3) is 0 Å². The molecule has 0 heterocycles. The monoisotopic (exact) mass is 263 g/mol. The van der Waals surface area contributed by atoms with Crippen LogP contribution < -0.4 is 5.32 Å². The van der Waals surface area contributed by atoms with Crippen LogP contribution in [0.1, 0.15) is 5.56 Å². The summed E-state index contributed by atoms with van der Waals surface area (Å²) in [4.78, 5) is 10.1. The summed E-state index contributed by atoms with van der Waals surface area (Å²) in [5, 5.41) is 10.9. The van der Waals surface area contributed by atoms with Gasteiger partial charge in [-0.3, -0.25) is 0 Å². The van der Waals surface area contributed by atoms with Gasteiger partial charge in [0.25, 0.3) is 0 Å². The van der Waals surface area contributed by atoms with Gasteiger partial charge in [0, 0.05) is 28.6 Å². The molecule has 3 nitrogen and oxygen atoms in total. The largest absolute Gasteiger partial charge is 0.465 e. The second-order valence-electron chi connectivity index (χ2n) is 2.98. The number of thioether (sulfide) groups is 1. The molecule has 0 spiro atoms. The SMILES string of the molecule is O=C(O)NCCSCc1c(F)cccc1Cl. The number of carboxylic acid groups (broad SMARTS) is 1. The molecule has 0 atom stereocenters. The molecule has 0 saturated carbocycles. The molecule has 0 bridgehead atoms. The molecule has 0 saturated heterocycles. The van der Waals surface area contributed by atoms with E-state index < -0.39 is 6.09 Å². The van der Waals surface area contributed by atoms with E-state index in [1.807, 2.05) is 0 Å². The van der Waals surface area contributed by atoms with Crippen molar-refractivity contribution in [1.82, 2.24) is 5.32 Å². The van der Waals surface area contributed by atoms with Gasteiger partial charge in [0.15, 0.2) is 0 Å². The standard InChI is InChI=1S/C10H11ClFNO2S/c11-8-2-1-3-9(12)7(8)6-16-5-4-13-10(14)15/h1-3,13H,4-6H2,(H,14,15). The molecule has 2 N–H and O–H groups in total. The molecule has 0 aliphatic rings. The van der Waals surface area contributed by atoms with Crippen LogP contribution in [-0.2, 0) is 5.75 Å². The van der Waals surface area contributed by atoms with Crippen LogP contribution >= 0.6 is 23.4 Å². The molecule has 1 aromatic carbocycles. The first-order valence-corrected chi connectivity index (χ1v) is 6.12. The molecular formula is C10H11ClFNO2S. The Morgan fingerprint density at radius 1 is 1.56 bits per heavy atom. The Labute approximate surface area is 102 Å². The second kappa shape index (κ2) is 6.60. The molecule has 1 amide bonds. The zero-order valence-electron chi connectivity index (χ0n) is 8.37. The van der Waals surface area contributed by atoms with E-state index in [2.05, 4.69) is 5.32 Å². The first-order valence-electron chi connectivity index (χ1n) is 4.58. The van der Waals surface area contributed by atoms with Crippen molar-refractivity contribution in [1.29, 1.82) is 0 Å². The Balaban J connectivity index is 2.34. The highest BCUT2D eigenvalue weighted by molar-refractivity contribution is 7.98. The van der Waals surface area contributed by atoms with E-state index in [-0.39, 0.29) is 5.82 Å². The Morgan fingerprint density at radius 2 is 2.31 bits per heavy atom. The zero-order valence-corrected chi connectivity index (χ0v) is 9.95. The molecule has 1 rings (SSSR count). The summed E-state index contributed by atoms with van der Waals surface area (Å²) in [6.45, 7) is 0.339. The van der Waals surface area contributed by atoms with Gasteiger partial charge in [0.2, 0.25) is 0 Å². The van der Waals surface area contributed by atoms with Crippen LogP contribution in [0.15, 0.2) is 18.2 Å². The Morgan fingerprint density at radius 3 is 2.94 bits per heavy atom. The fourth-order valence-electron chi connectivity index (χ4n) is 1.07. The summed E-state index contributed by atoms with van der Waals surface area (Å²) in [5.74, 6) is 0.690. The van der Waals surface area contributed by atoms with Gasteiger partial charge in [-0.25, -0.2) is 9.18 Å². The quantitative estimate of drug-likeness (QED) is 0.803. The fourth-order valence-corrected chi connectivity index (χ4v) is 2.27. The van der Waals surface area contributed by atoms with Gasteiger partial charge in [0.05, 0.1) is 0 Å². The normalized spacial score (nSPS) is 10.1. The molecule has 0 radical (unpaired) electrons. The maximum Gasteiger partial charge on any atom is 0.404 e. The van der Waals surface area contributed by atoms with E-state index >= 15 is 0 Å². The number of benzene rings is 1. The van der Waals surface area contributed by atoms with Crippen molar-refractivity contribution in [2.24, 2.45) is 0 Å². The van der Waals surface area contributed by atoms with Crippen molar-refractivity contribution in [3.63, 3.8) is 0 Å². The maximum atomic E-state index is 13.3. The van der Waals surface area contributed by atoms with Crippen molar-refractivity contribution in [2.75, 3.05) is 12.3 Å². The molecule has 0 aromatic heterocycles. The third kappa shape index (κ3) is 4.28. The molecule has 6 heteroatoms. The highest BCUT2D eigenvalue weighted by Crippen LogP contribution is 2.23. The van der Waals surface area contributed by atoms with Crippen LogP contribution in [0, 0.1) is 5.82 Å². The van der Waals surface area contributed by atoms with Gasteiger partial charge in [0.1, 0.15) is 5.82 Å². The predicted octanol–water partition coefficient (Wildman–Crippen LogP) is 2.98. The highest BCUT2D eigenvalue weighted by Gasteiger charge is 2.06. The number of nitrogens with one attached hydrogen (secondary N) is 1. The lowest BCUT2D eigenvalue weighted by Crippen LogP contribution is -2.23. The second-order valence-corrected chi connectivity index (χ2v) is 4.50. The molecule has 0 aliphatic carbocycles. The minimum atomic E-state index is -1.05. The van der Waals surface area contributed by atoms with Crippen LogP contribution in [0.4, 0.5) is 9.18 Å². The number of hydrogen-bond acceptors (Lipinski definition) is 2. The lowest BCUT2D eigenvalue weighted by molar-refractivity contribution is 0.195. The number of rotatable bonds is 5. The van der Waals surface area contributed by atoms with Crippen molar-refractivity contribution in [3.05, 3.63) is 34.6 Å².